The molecule has 0 aliphatic carbocycles. The Bertz CT molecular complexity index is 898. The summed E-state index contributed by atoms with van der Waals surface area (Å²) in [4.78, 5) is 6.68. The van der Waals surface area contributed by atoms with Crippen LogP contribution in [0.15, 0.2) is 27.6 Å². The zero-order valence-corrected chi connectivity index (χ0v) is 15.3. The second-order valence-electron chi connectivity index (χ2n) is 6.49. The van der Waals surface area contributed by atoms with Crippen molar-refractivity contribution in [2.75, 3.05) is 26.7 Å². The summed E-state index contributed by atoms with van der Waals surface area (Å²) in [5.41, 5.74) is 1.93. The molecule has 1 saturated heterocycles. The van der Waals surface area contributed by atoms with Crippen LogP contribution < -0.4 is 10.0 Å². The molecule has 2 aliphatic heterocycles. The molecule has 1 aromatic carbocycles. The van der Waals surface area contributed by atoms with Crippen LogP contribution in [0.25, 0.3) is 0 Å². The molecule has 26 heavy (non-hydrogen) atoms. The van der Waals surface area contributed by atoms with Crippen LogP contribution in [0.2, 0.25) is 0 Å². The third kappa shape index (κ3) is 3.51. The number of piperazine rings is 1. The number of nitrogens with zero attached hydrogens (tertiary/aromatic N) is 3. The van der Waals surface area contributed by atoms with Crippen LogP contribution in [-0.4, -0.2) is 50.1 Å². The fourth-order valence-corrected chi connectivity index (χ4v) is 4.15. The van der Waals surface area contributed by atoms with Crippen molar-refractivity contribution in [3.05, 3.63) is 41.0 Å². The maximum atomic E-state index is 12.5. The van der Waals surface area contributed by atoms with Crippen molar-refractivity contribution in [3.63, 3.8) is 0 Å². The van der Waals surface area contributed by atoms with Crippen molar-refractivity contribution in [3.8, 4) is 0 Å². The molecule has 0 radical (unpaired) electrons. The maximum absolute atomic E-state index is 12.5. The quantitative estimate of drug-likeness (QED) is 0.756. The minimum Gasteiger partial charge on any atom is -0.372 e. The number of nitrogens with one attached hydrogen (secondary N) is 2. The fraction of sp³-hybridized carbons (Fsp3) is 0.500. The maximum Gasteiger partial charge on any atom is 0.241 e. The van der Waals surface area contributed by atoms with E-state index < -0.39 is 10.0 Å². The molecule has 0 spiro atoms. The van der Waals surface area contributed by atoms with E-state index in [0.29, 0.717) is 19.0 Å². The summed E-state index contributed by atoms with van der Waals surface area (Å²) in [6, 6.07) is 5.03. The van der Waals surface area contributed by atoms with Gasteiger partial charge in [-0.2, -0.15) is 4.98 Å². The van der Waals surface area contributed by atoms with Crippen LogP contribution in [0.5, 0.6) is 0 Å². The van der Waals surface area contributed by atoms with Gasteiger partial charge >= 0.3 is 0 Å². The van der Waals surface area contributed by atoms with Gasteiger partial charge in [0.25, 0.3) is 0 Å². The molecule has 0 amide bonds. The third-order valence-electron chi connectivity index (χ3n) is 4.71. The summed E-state index contributed by atoms with van der Waals surface area (Å²) in [5, 5.41) is 7.28. The molecule has 9 nitrogen and oxygen atoms in total. The largest absolute Gasteiger partial charge is 0.372 e. The Labute approximate surface area is 151 Å². The van der Waals surface area contributed by atoms with Gasteiger partial charge in [-0.25, -0.2) is 13.1 Å². The van der Waals surface area contributed by atoms with Crippen LogP contribution in [0.4, 0.5) is 0 Å². The SMILES string of the molecule is CN1CCNCC1c1noc(CNS(=O)(=O)c2ccc3c(c2)COC3)n1. The summed E-state index contributed by atoms with van der Waals surface area (Å²) >= 11 is 0. The van der Waals surface area contributed by atoms with Crippen LogP contribution in [-0.2, 0) is 34.5 Å². The Morgan fingerprint density at radius 1 is 1.35 bits per heavy atom. The Hall–Kier alpha value is -1.85. The minimum absolute atomic E-state index is 0.0227. The number of fused-ring (bicyclic) bond motifs is 1. The molecule has 2 N–H and O–H groups in total. The van der Waals surface area contributed by atoms with E-state index in [1.54, 1.807) is 18.2 Å². The number of likely N-dealkylation sites (N-methyl/N-ethyl adjacent to an activating group) is 1. The Morgan fingerprint density at radius 3 is 3.04 bits per heavy atom. The molecular formula is C16H21N5O4S. The number of benzene rings is 1. The van der Waals surface area contributed by atoms with Gasteiger partial charge < -0.3 is 14.6 Å². The standard InChI is InChI=1S/C16H21N5O4S/c1-21-5-4-17-7-14(21)16-19-15(25-20-16)8-18-26(22,23)13-3-2-11-9-24-10-12(11)6-13/h2-3,6,14,17-18H,4-5,7-10H2,1H3. The van der Waals surface area contributed by atoms with E-state index in [-0.39, 0.29) is 23.4 Å². The number of ether oxygens (including phenoxy) is 1. The smallest absolute Gasteiger partial charge is 0.241 e. The molecule has 3 heterocycles. The van der Waals surface area contributed by atoms with Gasteiger partial charge in [-0.3, -0.25) is 4.90 Å². The normalized spacial score (nSPS) is 21.0. The van der Waals surface area contributed by atoms with Gasteiger partial charge in [0.15, 0.2) is 5.82 Å². The number of hydrogen-bond donors (Lipinski definition) is 2. The van der Waals surface area contributed by atoms with Crippen LogP contribution in [0.1, 0.15) is 28.9 Å². The highest BCUT2D eigenvalue weighted by Gasteiger charge is 2.26. The van der Waals surface area contributed by atoms with E-state index >= 15 is 0 Å². The minimum atomic E-state index is -3.66. The van der Waals surface area contributed by atoms with Crippen LogP contribution in [0, 0.1) is 0 Å². The first-order valence-corrected chi connectivity index (χ1v) is 9.94. The molecule has 140 valence electrons. The molecule has 1 atom stereocenters. The monoisotopic (exact) mass is 379 g/mol. The average Bonchev–Trinajstić information content (AvgIpc) is 3.29. The lowest BCUT2D eigenvalue weighted by Crippen LogP contribution is -2.44. The summed E-state index contributed by atoms with van der Waals surface area (Å²) in [7, 11) is -1.66. The van der Waals surface area contributed by atoms with E-state index in [4.69, 9.17) is 9.26 Å². The Kier molecular flexibility index (Phi) is 4.76. The lowest BCUT2D eigenvalue weighted by molar-refractivity contribution is 0.134. The average molecular weight is 379 g/mol. The molecule has 0 saturated carbocycles. The van der Waals surface area contributed by atoms with Crippen LogP contribution in [0.3, 0.4) is 0 Å². The summed E-state index contributed by atoms with van der Waals surface area (Å²) in [6.45, 7) is 3.46. The summed E-state index contributed by atoms with van der Waals surface area (Å²) in [5.74, 6) is 0.801. The molecule has 0 bridgehead atoms. The molecule has 2 aliphatic rings. The van der Waals surface area contributed by atoms with Gasteiger partial charge in [0, 0.05) is 19.6 Å². The lowest BCUT2D eigenvalue weighted by atomic mass is 10.1. The number of aromatic nitrogens is 2. The van der Waals surface area contributed by atoms with Crippen molar-refractivity contribution in [2.24, 2.45) is 0 Å². The first-order valence-electron chi connectivity index (χ1n) is 8.45. The van der Waals surface area contributed by atoms with Gasteiger partial charge in [-0.1, -0.05) is 11.2 Å². The fourth-order valence-electron chi connectivity index (χ4n) is 3.13. The highest BCUT2D eigenvalue weighted by Crippen LogP contribution is 2.23. The predicted molar refractivity (Wildman–Crippen MR) is 91.5 cm³/mol. The zero-order chi connectivity index (χ0) is 18.1. The highest BCUT2D eigenvalue weighted by molar-refractivity contribution is 7.89. The second-order valence-corrected chi connectivity index (χ2v) is 8.26. The topological polar surface area (TPSA) is 110 Å². The van der Waals surface area contributed by atoms with Gasteiger partial charge in [-0.15, -0.1) is 0 Å². The van der Waals surface area contributed by atoms with E-state index in [9.17, 15) is 8.42 Å². The first kappa shape index (κ1) is 17.6. The van der Waals surface area contributed by atoms with Crippen LogP contribution >= 0.6 is 0 Å². The zero-order valence-electron chi connectivity index (χ0n) is 14.4. The van der Waals surface area contributed by atoms with Crippen molar-refractivity contribution >= 4 is 10.0 Å². The highest BCUT2D eigenvalue weighted by atomic mass is 32.2. The van der Waals surface area contributed by atoms with Crippen molar-refractivity contribution in [1.29, 1.82) is 0 Å². The number of rotatable bonds is 5. The number of hydrogen-bond acceptors (Lipinski definition) is 8. The Balaban J connectivity index is 1.43. The van der Waals surface area contributed by atoms with E-state index in [2.05, 4.69) is 25.1 Å². The predicted octanol–water partition coefficient (Wildman–Crippen LogP) is 0.154. The molecule has 1 fully saturated rings. The van der Waals surface area contributed by atoms with Gasteiger partial charge in [0.1, 0.15) is 0 Å². The summed E-state index contributed by atoms with van der Waals surface area (Å²) in [6.07, 6.45) is 0. The summed E-state index contributed by atoms with van der Waals surface area (Å²) < 4.78 is 38.1. The van der Waals surface area contributed by atoms with E-state index in [1.807, 2.05) is 7.05 Å². The Morgan fingerprint density at radius 2 is 2.19 bits per heavy atom. The van der Waals surface area contributed by atoms with Gasteiger partial charge in [0.05, 0.1) is 30.7 Å². The van der Waals surface area contributed by atoms with Gasteiger partial charge in [-0.05, 0) is 30.3 Å². The van der Waals surface area contributed by atoms with Crippen molar-refractivity contribution < 1.29 is 17.7 Å². The third-order valence-corrected chi connectivity index (χ3v) is 6.11. The second kappa shape index (κ2) is 7.05. The molecule has 4 rings (SSSR count). The number of sulfonamides is 1. The molecular weight excluding hydrogens is 358 g/mol. The molecule has 1 aromatic heterocycles. The molecule has 10 heteroatoms. The van der Waals surface area contributed by atoms with E-state index in [0.717, 1.165) is 30.8 Å². The lowest BCUT2D eigenvalue weighted by Gasteiger charge is -2.30. The van der Waals surface area contributed by atoms with Crippen molar-refractivity contribution in [2.45, 2.75) is 30.7 Å². The molecule has 2 aromatic rings. The molecule has 1 unspecified atom stereocenters. The first-order chi connectivity index (χ1) is 12.5. The van der Waals surface area contributed by atoms with Crippen molar-refractivity contribution in [1.82, 2.24) is 25.1 Å². The van der Waals surface area contributed by atoms with E-state index in [1.165, 1.54) is 0 Å². The van der Waals surface area contributed by atoms with Gasteiger partial charge in [0.2, 0.25) is 15.9 Å².